The zero-order valence-corrected chi connectivity index (χ0v) is 10.7. The van der Waals surface area contributed by atoms with Crippen LogP contribution in [0.3, 0.4) is 0 Å². The van der Waals surface area contributed by atoms with Gasteiger partial charge in [-0.3, -0.25) is 0 Å². The Kier molecular flexibility index (Phi) is 6.13. The molecule has 0 bridgehead atoms. The highest BCUT2D eigenvalue weighted by Gasteiger charge is 2.23. The van der Waals surface area contributed by atoms with Crippen LogP contribution >= 0.6 is 11.8 Å². The minimum absolute atomic E-state index is 0.278. The zero-order chi connectivity index (χ0) is 12.7. The van der Waals surface area contributed by atoms with Crippen LogP contribution in [0.5, 0.6) is 0 Å². The summed E-state index contributed by atoms with van der Waals surface area (Å²) < 4.78 is 4.82. The lowest BCUT2D eigenvalue weighted by molar-refractivity contribution is -0.139. The molecular weight excluding hydrogens is 244 g/mol. The molecule has 1 atom stereocenters. The number of carboxylic acid groups (broad SMARTS) is 1. The fourth-order valence-electron chi connectivity index (χ4n) is 1.50. The fourth-order valence-corrected chi connectivity index (χ4v) is 2.40. The number of rotatable bonds is 5. The maximum Gasteiger partial charge on any atom is 0.326 e. The van der Waals surface area contributed by atoms with E-state index >= 15 is 0 Å². The van der Waals surface area contributed by atoms with Crippen LogP contribution in [-0.2, 0) is 9.53 Å². The standard InChI is InChI=1S/C10H18N2O4S/c1-16-5-2-8(9(13)14)11-10(15)12-3-6-17-7-4-12/h8H,2-7H2,1H3,(H,11,15)(H,13,14). The number of carbonyl (C=O) groups excluding carboxylic acids is 1. The SMILES string of the molecule is COCCC(NC(=O)N1CCSCC1)C(=O)O. The molecule has 98 valence electrons. The second-order valence-corrected chi connectivity index (χ2v) is 4.95. The van der Waals surface area contributed by atoms with Crippen molar-refractivity contribution in [2.75, 3.05) is 38.3 Å². The van der Waals surface area contributed by atoms with Crippen molar-refractivity contribution in [3.63, 3.8) is 0 Å². The van der Waals surface area contributed by atoms with E-state index < -0.39 is 12.0 Å². The van der Waals surface area contributed by atoms with E-state index in [0.717, 1.165) is 11.5 Å². The first-order valence-electron chi connectivity index (χ1n) is 5.50. The summed E-state index contributed by atoms with van der Waals surface area (Å²) in [7, 11) is 1.50. The first kappa shape index (κ1) is 14.1. The molecule has 1 aliphatic heterocycles. The molecule has 17 heavy (non-hydrogen) atoms. The van der Waals surface area contributed by atoms with Gasteiger partial charge in [0.1, 0.15) is 6.04 Å². The Bertz CT molecular complexity index is 269. The Morgan fingerprint density at radius 2 is 2.12 bits per heavy atom. The topological polar surface area (TPSA) is 78.9 Å². The van der Waals surface area contributed by atoms with E-state index in [1.165, 1.54) is 7.11 Å². The van der Waals surface area contributed by atoms with Crippen molar-refractivity contribution < 1.29 is 19.4 Å². The van der Waals surface area contributed by atoms with Crippen molar-refractivity contribution in [1.29, 1.82) is 0 Å². The number of nitrogens with one attached hydrogen (secondary N) is 1. The van der Waals surface area contributed by atoms with E-state index in [9.17, 15) is 9.59 Å². The number of thioether (sulfide) groups is 1. The Hall–Kier alpha value is -0.950. The molecule has 1 heterocycles. The van der Waals surface area contributed by atoms with Crippen molar-refractivity contribution in [3.8, 4) is 0 Å². The van der Waals surface area contributed by atoms with Gasteiger partial charge in [-0.05, 0) is 0 Å². The maximum absolute atomic E-state index is 11.8. The molecule has 2 N–H and O–H groups in total. The molecule has 2 amide bonds. The van der Waals surface area contributed by atoms with E-state index in [-0.39, 0.29) is 12.5 Å². The average molecular weight is 262 g/mol. The molecule has 1 aliphatic rings. The minimum Gasteiger partial charge on any atom is -0.480 e. The van der Waals surface area contributed by atoms with Gasteiger partial charge < -0.3 is 20.1 Å². The van der Waals surface area contributed by atoms with Crippen molar-refractivity contribution in [1.82, 2.24) is 10.2 Å². The van der Waals surface area contributed by atoms with Crippen LogP contribution in [-0.4, -0.2) is 66.4 Å². The monoisotopic (exact) mass is 262 g/mol. The summed E-state index contributed by atoms with van der Waals surface area (Å²) in [5.41, 5.74) is 0. The Labute approximate surface area is 105 Å². The highest BCUT2D eigenvalue weighted by molar-refractivity contribution is 7.99. The lowest BCUT2D eigenvalue weighted by atomic mass is 10.2. The number of methoxy groups -OCH3 is 1. The molecular formula is C10H18N2O4S. The number of hydrogen-bond acceptors (Lipinski definition) is 4. The summed E-state index contributed by atoms with van der Waals surface area (Å²) >= 11 is 1.80. The first-order chi connectivity index (χ1) is 8.15. The maximum atomic E-state index is 11.8. The van der Waals surface area contributed by atoms with Gasteiger partial charge in [-0.1, -0.05) is 0 Å². The van der Waals surface area contributed by atoms with Gasteiger partial charge in [-0.15, -0.1) is 0 Å². The minimum atomic E-state index is -1.03. The molecule has 7 heteroatoms. The van der Waals surface area contributed by atoms with Crippen LogP contribution < -0.4 is 5.32 Å². The first-order valence-corrected chi connectivity index (χ1v) is 6.65. The van der Waals surface area contributed by atoms with Gasteiger partial charge in [-0.2, -0.15) is 11.8 Å². The lowest BCUT2D eigenvalue weighted by Crippen LogP contribution is -2.50. The molecule has 0 spiro atoms. The van der Waals surface area contributed by atoms with E-state index in [2.05, 4.69) is 5.32 Å². The molecule has 0 radical (unpaired) electrons. The van der Waals surface area contributed by atoms with Gasteiger partial charge in [0.05, 0.1) is 0 Å². The fraction of sp³-hybridized carbons (Fsp3) is 0.800. The van der Waals surface area contributed by atoms with E-state index in [1.807, 2.05) is 0 Å². The number of amides is 2. The predicted octanol–water partition coefficient (Wildman–Crippen LogP) is 0.234. The van der Waals surface area contributed by atoms with E-state index in [4.69, 9.17) is 9.84 Å². The normalized spacial score (nSPS) is 17.6. The van der Waals surface area contributed by atoms with E-state index in [1.54, 1.807) is 16.7 Å². The number of carboxylic acids is 1. The van der Waals surface area contributed by atoms with Gasteiger partial charge in [0.2, 0.25) is 0 Å². The molecule has 1 saturated heterocycles. The lowest BCUT2D eigenvalue weighted by Gasteiger charge is -2.28. The number of hydrogen-bond donors (Lipinski definition) is 2. The molecule has 0 aliphatic carbocycles. The molecule has 0 aromatic rings. The van der Waals surface area contributed by atoms with Crippen LogP contribution in [0, 0.1) is 0 Å². The van der Waals surface area contributed by atoms with Crippen LogP contribution in [0.15, 0.2) is 0 Å². The van der Waals surface area contributed by atoms with Gasteiger partial charge in [0.25, 0.3) is 0 Å². The quantitative estimate of drug-likeness (QED) is 0.741. The second kappa shape index (κ2) is 7.39. The Morgan fingerprint density at radius 3 is 2.65 bits per heavy atom. The summed E-state index contributed by atoms with van der Waals surface area (Å²) in [5.74, 6) is 0.786. The third kappa shape index (κ3) is 4.82. The van der Waals surface area contributed by atoms with Crippen LogP contribution in [0.2, 0.25) is 0 Å². The van der Waals surface area contributed by atoms with Crippen molar-refractivity contribution in [3.05, 3.63) is 0 Å². The van der Waals surface area contributed by atoms with Crippen molar-refractivity contribution in [2.24, 2.45) is 0 Å². The molecule has 1 fully saturated rings. The van der Waals surface area contributed by atoms with Gasteiger partial charge in [0.15, 0.2) is 0 Å². The van der Waals surface area contributed by atoms with Crippen LogP contribution in [0.4, 0.5) is 4.79 Å². The second-order valence-electron chi connectivity index (χ2n) is 3.72. The Balaban J connectivity index is 2.42. The molecule has 1 unspecified atom stereocenters. The number of urea groups is 1. The molecule has 0 saturated carbocycles. The van der Waals surface area contributed by atoms with Crippen LogP contribution in [0.1, 0.15) is 6.42 Å². The summed E-state index contributed by atoms with van der Waals surface area (Å²) in [6, 6.07) is -1.18. The molecule has 1 rings (SSSR count). The smallest absolute Gasteiger partial charge is 0.326 e. The third-order valence-electron chi connectivity index (χ3n) is 2.50. The molecule has 6 nitrogen and oxygen atoms in total. The molecule has 0 aromatic carbocycles. The third-order valence-corrected chi connectivity index (χ3v) is 3.45. The number of carbonyl (C=O) groups is 2. The number of ether oxygens (including phenoxy) is 1. The van der Waals surface area contributed by atoms with Gasteiger partial charge in [0, 0.05) is 44.7 Å². The van der Waals surface area contributed by atoms with E-state index in [0.29, 0.717) is 19.7 Å². The number of nitrogens with zero attached hydrogens (tertiary/aromatic N) is 1. The largest absolute Gasteiger partial charge is 0.480 e. The summed E-state index contributed by atoms with van der Waals surface area (Å²) in [5, 5.41) is 11.5. The zero-order valence-electron chi connectivity index (χ0n) is 9.85. The molecule has 0 aromatic heterocycles. The van der Waals surface area contributed by atoms with Crippen LogP contribution in [0.25, 0.3) is 0 Å². The van der Waals surface area contributed by atoms with Gasteiger partial charge in [-0.25, -0.2) is 9.59 Å². The van der Waals surface area contributed by atoms with Crippen molar-refractivity contribution in [2.45, 2.75) is 12.5 Å². The highest BCUT2D eigenvalue weighted by Crippen LogP contribution is 2.09. The average Bonchev–Trinajstić information content (AvgIpc) is 2.35. The number of aliphatic carboxylic acids is 1. The summed E-state index contributed by atoms with van der Waals surface area (Å²) in [6.45, 7) is 1.66. The van der Waals surface area contributed by atoms with Crippen molar-refractivity contribution >= 4 is 23.8 Å². The predicted molar refractivity (Wildman–Crippen MR) is 65.3 cm³/mol. The summed E-state index contributed by atoms with van der Waals surface area (Å²) in [6.07, 6.45) is 0.278. The Morgan fingerprint density at radius 1 is 1.47 bits per heavy atom. The van der Waals surface area contributed by atoms with Gasteiger partial charge >= 0.3 is 12.0 Å². The highest BCUT2D eigenvalue weighted by atomic mass is 32.2. The summed E-state index contributed by atoms with van der Waals surface area (Å²) in [4.78, 5) is 24.4.